The van der Waals surface area contributed by atoms with Gasteiger partial charge in [0.15, 0.2) is 0 Å². The summed E-state index contributed by atoms with van der Waals surface area (Å²) in [4.78, 5) is 0. The van der Waals surface area contributed by atoms with Crippen molar-refractivity contribution in [3.8, 4) is 0 Å². The third kappa shape index (κ3) is 5.75. The highest BCUT2D eigenvalue weighted by atomic mass is 127. The zero-order valence-corrected chi connectivity index (χ0v) is 20.8. The van der Waals surface area contributed by atoms with Crippen LogP contribution in [-0.2, 0) is 4.74 Å². The molecule has 2 N–H and O–H groups in total. The largest absolute Gasteiger partial charge is 0.378 e. The Balaban J connectivity index is 1.19. The Morgan fingerprint density at radius 1 is 0.897 bits per heavy atom. The van der Waals surface area contributed by atoms with E-state index in [1.807, 2.05) is 7.05 Å². The second-order valence-electron chi connectivity index (χ2n) is 9.85. The van der Waals surface area contributed by atoms with E-state index in [4.69, 9.17) is 4.74 Å². The Labute approximate surface area is 188 Å². The summed E-state index contributed by atoms with van der Waals surface area (Å²) in [6, 6.07) is 0. The van der Waals surface area contributed by atoms with E-state index in [0.29, 0.717) is 6.10 Å². The molecule has 4 aliphatic rings. The summed E-state index contributed by atoms with van der Waals surface area (Å²) >= 11 is 0.0217. The van der Waals surface area contributed by atoms with Gasteiger partial charge in [-0.15, -0.1) is 0 Å². The monoisotopic (exact) mass is 515 g/mol. The minimum absolute atomic E-state index is 0.0217. The van der Waals surface area contributed by atoms with Gasteiger partial charge >= 0.3 is 0 Å². The summed E-state index contributed by atoms with van der Waals surface area (Å²) in [5, 5.41) is 7.19. The number of rotatable bonds is 4. The molecule has 2 unspecified atom stereocenters. The fourth-order valence-corrected chi connectivity index (χ4v) is 8.19. The van der Waals surface area contributed by atoms with Crippen molar-refractivity contribution in [2.75, 3.05) is 26.7 Å². The van der Waals surface area contributed by atoms with Crippen LogP contribution < -0.4 is 10.6 Å². The van der Waals surface area contributed by atoms with Gasteiger partial charge in [0, 0.05) is 24.1 Å². The number of nitrogens with zero attached hydrogens (tertiary/aromatic N) is 1. The Kier molecular flexibility index (Phi) is 8.30. The molecule has 0 aromatic heterocycles. The number of alkyl halides is 1. The molecule has 0 spiro atoms. The molecule has 166 valence electrons. The van der Waals surface area contributed by atoms with Crippen LogP contribution in [0.5, 0.6) is 0 Å². The molecular formula is C24H42IN3O. The summed E-state index contributed by atoms with van der Waals surface area (Å²) < 4.78 is 11.7. The molecule has 2 saturated carbocycles. The predicted molar refractivity (Wildman–Crippen MR) is 129 cm³/mol. The van der Waals surface area contributed by atoms with Crippen LogP contribution in [0.4, 0.5) is 0 Å². The molecule has 2 aliphatic heterocycles. The maximum absolute atomic E-state index is 6.42. The van der Waals surface area contributed by atoms with Gasteiger partial charge in [-0.3, -0.25) is 3.15 Å². The number of hydrogen-bond donors (Lipinski definition) is 2. The number of halogens is 1. The van der Waals surface area contributed by atoms with Crippen LogP contribution in [0.25, 0.3) is 0 Å². The lowest BCUT2D eigenvalue weighted by Gasteiger charge is -2.41. The quantitative estimate of drug-likeness (QED) is 0.371. The number of nitrogens with one attached hydrogen (secondary N) is 2. The zero-order chi connectivity index (χ0) is 20.1. The van der Waals surface area contributed by atoms with Crippen molar-refractivity contribution < 1.29 is 4.74 Å². The first-order chi connectivity index (χ1) is 14.2. The Bertz CT molecular complexity index is 559. The molecule has 5 heteroatoms. The van der Waals surface area contributed by atoms with Crippen LogP contribution in [0, 0.1) is 23.7 Å². The third-order valence-corrected chi connectivity index (χ3v) is 10.7. The summed E-state index contributed by atoms with van der Waals surface area (Å²) in [6.07, 6.45) is 15.7. The lowest BCUT2D eigenvalue weighted by molar-refractivity contribution is -0.0587. The molecule has 2 saturated heterocycles. The summed E-state index contributed by atoms with van der Waals surface area (Å²) in [5.74, 6) is 4.96. The molecule has 2 heterocycles. The van der Waals surface area contributed by atoms with Gasteiger partial charge in [-0.2, -0.15) is 0 Å². The molecule has 4 rings (SSSR count). The van der Waals surface area contributed by atoms with Crippen LogP contribution in [0.15, 0.2) is 14.5 Å². The van der Waals surface area contributed by atoms with Gasteiger partial charge in [-0.05, 0) is 121 Å². The molecule has 29 heavy (non-hydrogen) atoms. The lowest BCUT2D eigenvalue weighted by atomic mass is 9.69. The summed E-state index contributed by atoms with van der Waals surface area (Å²) in [5.41, 5.74) is 1.67. The molecular weight excluding hydrogens is 473 g/mol. The summed E-state index contributed by atoms with van der Waals surface area (Å²) in [7, 11) is 1.99. The molecule has 0 bridgehead atoms. The average Bonchev–Trinajstić information content (AvgIpc) is 2.80. The average molecular weight is 516 g/mol. The first-order valence-corrected chi connectivity index (χ1v) is 14.5. The van der Waals surface area contributed by atoms with Crippen molar-refractivity contribution >= 4 is 21.0 Å². The first kappa shape index (κ1) is 22.0. The van der Waals surface area contributed by atoms with Crippen molar-refractivity contribution in [1.82, 2.24) is 10.6 Å². The predicted octanol–water partition coefficient (Wildman–Crippen LogP) is 5.75. The highest BCUT2D eigenvalue weighted by Crippen LogP contribution is 2.44. The van der Waals surface area contributed by atoms with Crippen LogP contribution in [0.1, 0.15) is 77.6 Å². The van der Waals surface area contributed by atoms with E-state index in [1.54, 1.807) is 5.57 Å². The van der Waals surface area contributed by atoms with Crippen molar-refractivity contribution in [3.05, 3.63) is 11.4 Å². The maximum Gasteiger partial charge on any atom is 0.0978 e. The minimum atomic E-state index is 0.0217. The van der Waals surface area contributed by atoms with Crippen molar-refractivity contribution in [1.29, 1.82) is 0 Å². The van der Waals surface area contributed by atoms with E-state index in [0.717, 1.165) is 47.3 Å². The van der Waals surface area contributed by atoms with E-state index in [1.165, 1.54) is 76.5 Å². The molecule has 0 radical (unpaired) electrons. The van der Waals surface area contributed by atoms with E-state index in [2.05, 4.69) is 20.7 Å². The zero-order valence-electron chi connectivity index (χ0n) is 18.6. The highest BCUT2D eigenvalue weighted by molar-refractivity contribution is 14.2. The molecule has 0 aromatic rings. The topological polar surface area (TPSA) is 45.7 Å². The van der Waals surface area contributed by atoms with Gasteiger partial charge < -0.3 is 15.4 Å². The SMILES string of the molecule is CN=I[C@@H](C)C1CCC(C2CCC(C3CCC(=C4NCCCN4)CC3)CC2)OC1. The number of allylic oxidation sites excluding steroid dienone is 1. The van der Waals surface area contributed by atoms with Crippen LogP contribution >= 0.6 is 21.0 Å². The molecule has 3 atom stereocenters. The van der Waals surface area contributed by atoms with Gasteiger partial charge in [0.2, 0.25) is 0 Å². The van der Waals surface area contributed by atoms with E-state index < -0.39 is 0 Å². The third-order valence-electron chi connectivity index (χ3n) is 8.20. The van der Waals surface area contributed by atoms with Gasteiger partial charge in [-0.25, -0.2) is 0 Å². The molecule has 4 nitrogen and oxygen atoms in total. The lowest BCUT2D eigenvalue weighted by Crippen LogP contribution is -2.38. The Morgan fingerprint density at radius 2 is 1.55 bits per heavy atom. The molecule has 0 aromatic carbocycles. The van der Waals surface area contributed by atoms with Crippen LogP contribution in [0.2, 0.25) is 0 Å². The first-order valence-electron chi connectivity index (χ1n) is 12.3. The fraction of sp³-hybridized carbons (Fsp3) is 0.917. The minimum Gasteiger partial charge on any atom is -0.378 e. The second kappa shape index (κ2) is 10.9. The van der Waals surface area contributed by atoms with Crippen LogP contribution in [0.3, 0.4) is 0 Å². The Hall–Kier alpha value is -0.170. The smallest absolute Gasteiger partial charge is 0.0978 e. The summed E-state index contributed by atoms with van der Waals surface area (Å²) in [6.45, 7) is 5.70. The number of hydrogen-bond acceptors (Lipinski definition) is 4. The van der Waals surface area contributed by atoms with Gasteiger partial charge in [0.25, 0.3) is 0 Å². The van der Waals surface area contributed by atoms with Crippen molar-refractivity contribution in [2.45, 2.75) is 87.6 Å². The van der Waals surface area contributed by atoms with Crippen molar-refractivity contribution in [2.24, 2.45) is 26.8 Å². The number of ether oxygens (including phenoxy) is 1. The van der Waals surface area contributed by atoms with Gasteiger partial charge in [0.05, 0.1) is 18.5 Å². The fourth-order valence-electron chi connectivity index (χ4n) is 6.29. The second-order valence-corrected chi connectivity index (χ2v) is 13.3. The maximum atomic E-state index is 6.42. The highest BCUT2D eigenvalue weighted by Gasteiger charge is 2.35. The van der Waals surface area contributed by atoms with E-state index in [9.17, 15) is 0 Å². The van der Waals surface area contributed by atoms with Crippen molar-refractivity contribution in [3.63, 3.8) is 0 Å². The van der Waals surface area contributed by atoms with Crippen LogP contribution in [-0.4, -0.2) is 36.8 Å². The normalized spacial score (nSPS) is 38.1. The molecule has 4 fully saturated rings. The van der Waals surface area contributed by atoms with E-state index >= 15 is 0 Å². The van der Waals surface area contributed by atoms with E-state index in [-0.39, 0.29) is 21.0 Å². The molecule has 0 amide bonds. The van der Waals surface area contributed by atoms with Gasteiger partial charge in [0.1, 0.15) is 0 Å². The standard InChI is InChI=1S/C24H42IN3O/c1-17(25-26-2)22-12-13-23(29-16-22)20-8-4-18(5-9-20)19-6-10-21(11-7-19)24-27-14-3-15-28-24/h17-20,22-23,27-28H,3-16H2,1-2H3/t17-,18?,20?,22?,23?/m0/s1. The molecule has 2 aliphatic carbocycles. The van der Waals surface area contributed by atoms with Gasteiger partial charge in [-0.1, -0.05) is 6.92 Å². The Morgan fingerprint density at radius 3 is 2.17 bits per heavy atom.